The molecule has 0 radical (unpaired) electrons. The summed E-state index contributed by atoms with van der Waals surface area (Å²) < 4.78 is 0. The van der Waals surface area contributed by atoms with Gasteiger partial charge >= 0.3 is 0 Å². The second-order valence-electron chi connectivity index (χ2n) is 5.24. The van der Waals surface area contributed by atoms with Crippen molar-refractivity contribution < 1.29 is 4.79 Å². The summed E-state index contributed by atoms with van der Waals surface area (Å²) in [5.74, 6) is 0.283. The predicted molar refractivity (Wildman–Crippen MR) is 80.7 cm³/mol. The van der Waals surface area contributed by atoms with Crippen molar-refractivity contribution in [3.8, 4) is 0 Å². The van der Waals surface area contributed by atoms with Crippen molar-refractivity contribution >= 4 is 18.3 Å². The van der Waals surface area contributed by atoms with Crippen LogP contribution in [0.25, 0.3) is 0 Å². The van der Waals surface area contributed by atoms with Crippen LogP contribution in [0.1, 0.15) is 18.1 Å². The monoisotopic (exact) mass is 282 g/mol. The number of carbonyl (C=O) groups excluding carboxylic acids is 1. The first-order valence-electron chi connectivity index (χ1n) is 6.61. The van der Waals surface area contributed by atoms with E-state index in [1.54, 1.807) is 0 Å². The molecule has 0 aliphatic heterocycles. The summed E-state index contributed by atoms with van der Waals surface area (Å²) in [5.41, 5.74) is 2.78. The van der Waals surface area contributed by atoms with Crippen molar-refractivity contribution in [3.05, 3.63) is 35.4 Å². The van der Waals surface area contributed by atoms with E-state index in [-0.39, 0.29) is 24.2 Å². The largest absolute Gasteiger partial charge is 0.342 e. The van der Waals surface area contributed by atoms with E-state index in [1.807, 2.05) is 25.9 Å². The number of nitrogens with one attached hydrogen (secondary N) is 1. The van der Waals surface area contributed by atoms with Crippen LogP contribution in [0.15, 0.2) is 24.3 Å². The molecule has 1 N–H and O–H groups in total. The van der Waals surface area contributed by atoms with Crippen LogP contribution in [0.5, 0.6) is 0 Å². The molecule has 4 heteroatoms. The van der Waals surface area contributed by atoms with E-state index in [1.165, 1.54) is 11.1 Å². The number of carbonyl (C=O) groups is 1. The van der Waals surface area contributed by atoms with E-state index in [2.05, 4.69) is 29.6 Å². The van der Waals surface area contributed by atoms with Crippen LogP contribution < -0.4 is 5.32 Å². The van der Waals surface area contributed by atoms with Gasteiger partial charge in [0.15, 0.2) is 0 Å². The van der Waals surface area contributed by atoms with Gasteiger partial charge in [0.25, 0.3) is 0 Å². The molecule has 0 aromatic heterocycles. The number of halogens is 1. The van der Waals surface area contributed by atoms with Crippen molar-refractivity contribution in [2.75, 3.05) is 20.6 Å². The Morgan fingerprint density at radius 1 is 1.37 bits per heavy atom. The number of hydrogen-bond donors (Lipinski definition) is 1. The summed E-state index contributed by atoms with van der Waals surface area (Å²) in [7, 11) is 3.82. The lowest BCUT2D eigenvalue weighted by Crippen LogP contribution is -2.42. The third-order valence-electron chi connectivity index (χ3n) is 3.86. The molecule has 0 saturated carbocycles. The molecule has 3 nitrogen and oxygen atoms in total. The maximum Gasteiger partial charge on any atom is 0.226 e. The van der Waals surface area contributed by atoms with Gasteiger partial charge in [-0.1, -0.05) is 31.2 Å². The lowest BCUT2D eigenvalue weighted by Gasteiger charge is -2.27. The highest BCUT2D eigenvalue weighted by atomic mass is 35.5. The average molecular weight is 283 g/mol. The highest BCUT2D eigenvalue weighted by Gasteiger charge is 2.28. The predicted octanol–water partition coefficient (Wildman–Crippen LogP) is 1.89. The summed E-state index contributed by atoms with van der Waals surface area (Å²) >= 11 is 0. The van der Waals surface area contributed by atoms with Crippen molar-refractivity contribution in [3.63, 3.8) is 0 Å². The van der Waals surface area contributed by atoms with Crippen molar-refractivity contribution in [2.45, 2.75) is 25.8 Å². The molecule has 1 aromatic carbocycles. The van der Waals surface area contributed by atoms with Crippen LogP contribution in [0, 0.1) is 5.92 Å². The summed E-state index contributed by atoms with van der Waals surface area (Å²) in [6.07, 6.45) is 1.98. The van der Waals surface area contributed by atoms with E-state index >= 15 is 0 Å². The first-order valence-corrected chi connectivity index (χ1v) is 6.61. The third-order valence-corrected chi connectivity index (χ3v) is 3.86. The minimum atomic E-state index is 0. The summed E-state index contributed by atoms with van der Waals surface area (Å²) in [4.78, 5) is 14.2. The maximum absolute atomic E-state index is 12.3. The Labute approximate surface area is 121 Å². The fourth-order valence-corrected chi connectivity index (χ4v) is 2.73. The van der Waals surface area contributed by atoms with Gasteiger partial charge in [-0.3, -0.25) is 4.79 Å². The molecule has 0 fully saturated rings. The normalized spacial score (nSPS) is 15.5. The number of amides is 1. The molecule has 0 saturated heterocycles. The number of rotatable bonds is 4. The van der Waals surface area contributed by atoms with Crippen LogP contribution in [-0.2, 0) is 17.6 Å². The molecule has 1 aliphatic carbocycles. The Kier molecular flexibility index (Phi) is 5.83. The molecule has 1 aliphatic rings. The lowest BCUT2D eigenvalue weighted by atomic mass is 10.1. The molecule has 2 rings (SSSR count). The van der Waals surface area contributed by atoms with E-state index < -0.39 is 0 Å². The van der Waals surface area contributed by atoms with Crippen LogP contribution in [-0.4, -0.2) is 37.5 Å². The van der Waals surface area contributed by atoms with Gasteiger partial charge in [0.1, 0.15) is 0 Å². The average Bonchev–Trinajstić information content (AvgIpc) is 2.81. The Balaban J connectivity index is 0.00000180. The fourth-order valence-electron chi connectivity index (χ4n) is 2.73. The van der Waals surface area contributed by atoms with Gasteiger partial charge in [-0.15, -0.1) is 12.4 Å². The molecule has 106 valence electrons. The summed E-state index contributed by atoms with van der Waals surface area (Å²) in [6.45, 7) is 2.72. The molecule has 1 unspecified atom stereocenters. The van der Waals surface area contributed by atoms with Gasteiger partial charge in [-0.25, -0.2) is 0 Å². The van der Waals surface area contributed by atoms with Crippen LogP contribution in [0.4, 0.5) is 0 Å². The Morgan fingerprint density at radius 2 is 1.89 bits per heavy atom. The zero-order valence-electron chi connectivity index (χ0n) is 11.8. The third kappa shape index (κ3) is 3.48. The molecule has 1 aromatic rings. The van der Waals surface area contributed by atoms with Crippen LogP contribution >= 0.6 is 12.4 Å². The lowest BCUT2D eigenvalue weighted by molar-refractivity contribution is -0.135. The molecule has 0 heterocycles. The Bertz CT molecular complexity index is 411. The SMILES string of the molecule is CNCC(C)C(=O)N(C)C1Cc2ccccc2C1.Cl. The summed E-state index contributed by atoms with van der Waals surface area (Å²) in [5, 5.41) is 3.06. The first-order chi connectivity index (χ1) is 8.63. The molecule has 0 spiro atoms. The maximum atomic E-state index is 12.3. The van der Waals surface area contributed by atoms with Crippen LogP contribution in [0.3, 0.4) is 0 Å². The molecule has 1 atom stereocenters. The van der Waals surface area contributed by atoms with E-state index in [4.69, 9.17) is 0 Å². The number of fused-ring (bicyclic) bond motifs is 1. The van der Waals surface area contributed by atoms with Gasteiger partial charge < -0.3 is 10.2 Å². The highest BCUT2D eigenvalue weighted by Crippen LogP contribution is 2.25. The number of likely N-dealkylation sites (N-methyl/N-ethyl adjacent to an activating group) is 1. The second-order valence-corrected chi connectivity index (χ2v) is 5.24. The zero-order chi connectivity index (χ0) is 13.1. The fraction of sp³-hybridized carbons (Fsp3) is 0.533. The standard InChI is InChI=1S/C15H22N2O.ClH/c1-11(10-16-2)15(18)17(3)14-8-12-6-4-5-7-13(12)9-14;/h4-7,11,14,16H,8-10H2,1-3H3;1H. The molecule has 0 bridgehead atoms. The zero-order valence-corrected chi connectivity index (χ0v) is 12.7. The minimum Gasteiger partial charge on any atom is -0.342 e. The highest BCUT2D eigenvalue weighted by molar-refractivity contribution is 5.85. The van der Waals surface area contributed by atoms with E-state index in [0.29, 0.717) is 6.04 Å². The van der Waals surface area contributed by atoms with E-state index in [0.717, 1.165) is 19.4 Å². The molecule has 1 amide bonds. The smallest absolute Gasteiger partial charge is 0.226 e. The van der Waals surface area contributed by atoms with Crippen LogP contribution in [0.2, 0.25) is 0 Å². The Morgan fingerprint density at radius 3 is 2.37 bits per heavy atom. The van der Waals surface area contributed by atoms with Gasteiger partial charge in [0.2, 0.25) is 5.91 Å². The summed E-state index contributed by atoms with van der Waals surface area (Å²) in [6, 6.07) is 8.82. The van der Waals surface area contributed by atoms with Gasteiger partial charge in [0, 0.05) is 25.6 Å². The second kappa shape index (κ2) is 6.92. The van der Waals surface area contributed by atoms with Crippen molar-refractivity contribution in [2.24, 2.45) is 5.92 Å². The van der Waals surface area contributed by atoms with E-state index in [9.17, 15) is 4.79 Å². The van der Waals surface area contributed by atoms with Crippen molar-refractivity contribution in [1.82, 2.24) is 10.2 Å². The topological polar surface area (TPSA) is 32.3 Å². The van der Waals surface area contributed by atoms with Gasteiger partial charge in [-0.2, -0.15) is 0 Å². The first kappa shape index (κ1) is 16.0. The number of nitrogens with zero attached hydrogens (tertiary/aromatic N) is 1. The molecular weight excluding hydrogens is 260 g/mol. The van der Waals surface area contributed by atoms with Gasteiger partial charge in [-0.05, 0) is 31.0 Å². The number of benzene rings is 1. The quantitative estimate of drug-likeness (QED) is 0.915. The van der Waals surface area contributed by atoms with Crippen molar-refractivity contribution in [1.29, 1.82) is 0 Å². The number of hydrogen-bond acceptors (Lipinski definition) is 2. The molecule has 19 heavy (non-hydrogen) atoms. The van der Waals surface area contributed by atoms with Gasteiger partial charge in [0.05, 0.1) is 0 Å². The molecular formula is C15H23ClN2O. The Hall–Kier alpha value is -1.06. The minimum absolute atomic E-state index is 0.